The molecule has 1 atom stereocenters. The minimum Gasteiger partial charge on any atom is -0.381 e. The molecule has 1 aliphatic carbocycles. The van der Waals surface area contributed by atoms with Gasteiger partial charge in [0.1, 0.15) is 0 Å². The van der Waals surface area contributed by atoms with E-state index in [9.17, 15) is 0 Å². The van der Waals surface area contributed by atoms with Crippen molar-refractivity contribution < 1.29 is 0 Å². The number of benzene rings is 3. The smallest absolute Gasteiger partial charge is 0.0417 e. The summed E-state index contributed by atoms with van der Waals surface area (Å²) in [7, 11) is 0. The lowest BCUT2D eigenvalue weighted by Crippen LogP contribution is -2.37. The van der Waals surface area contributed by atoms with Crippen LogP contribution in [0.15, 0.2) is 66.7 Å². The zero-order valence-electron chi connectivity index (χ0n) is 16.4. The van der Waals surface area contributed by atoms with Gasteiger partial charge in [-0.15, -0.1) is 0 Å². The first-order chi connectivity index (χ1) is 13.0. The molecule has 1 unspecified atom stereocenters. The number of hydrogen-bond donors (Lipinski definition) is 1. The Morgan fingerprint density at radius 2 is 1.33 bits per heavy atom. The van der Waals surface area contributed by atoms with Crippen LogP contribution in [0.5, 0.6) is 0 Å². The number of para-hydroxylation sites is 1. The maximum absolute atomic E-state index is 3.94. The molecule has 2 aliphatic rings. The van der Waals surface area contributed by atoms with Crippen LogP contribution in [0.3, 0.4) is 0 Å². The number of nitrogens with one attached hydrogen (secondary N) is 1. The van der Waals surface area contributed by atoms with E-state index in [-0.39, 0.29) is 5.41 Å². The van der Waals surface area contributed by atoms with Gasteiger partial charge >= 0.3 is 0 Å². The minimum atomic E-state index is 0.260. The first-order valence-corrected chi connectivity index (χ1v) is 10.1. The molecule has 0 fully saturated rings. The first-order valence-electron chi connectivity index (χ1n) is 10.1. The topological polar surface area (TPSA) is 12.0 Å². The molecule has 3 aromatic rings. The van der Waals surface area contributed by atoms with E-state index in [1.165, 1.54) is 45.5 Å². The van der Waals surface area contributed by atoms with E-state index in [1.54, 1.807) is 0 Å². The number of anilines is 1. The molecule has 0 radical (unpaired) electrons. The van der Waals surface area contributed by atoms with Crippen molar-refractivity contribution >= 4 is 5.69 Å². The predicted octanol–water partition coefficient (Wildman–Crippen LogP) is 6.62. The molecular formula is C26H27N. The first kappa shape index (κ1) is 16.6. The highest BCUT2D eigenvalue weighted by atomic mass is 15.0. The number of fused-ring (bicyclic) bond motifs is 4. The van der Waals surface area contributed by atoms with Crippen LogP contribution in [0.1, 0.15) is 55.4 Å². The maximum atomic E-state index is 3.94. The van der Waals surface area contributed by atoms with E-state index in [0.29, 0.717) is 12.0 Å². The third-order valence-electron chi connectivity index (χ3n) is 6.39. The monoisotopic (exact) mass is 353 g/mol. The lowest BCUT2D eigenvalue weighted by molar-refractivity contribution is 0.320. The van der Waals surface area contributed by atoms with Crippen LogP contribution in [0, 0.1) is 5.41 Å². The Morgan fingerprint density at radius 3 is 1.96 bits per heavy atom. The average Bonchev–Trinajstić information content (AvgIpc) is 3.01. The van der Waals surface area contributed by atoms with Crippen molar-refractivity contribution in [1.82, 2.24) is 0 Å². The largest absolute Gasteiger partial charge is 0.381 e. The van der Waals surface area contributed by atoms with E-state index in [0.717, 1.165) is 6.42 Å². The lowest BCUT2D eigenvalue weighted by atomic mass is 9.78. The summed E-state index contributed by atoms with van der Waals surface area (Å²) in [6.45, 7) is 7.04. The molecule has 1 N–H and O–H groups in total. The van der Waals surface area contributed by atoms with E-state index in [2.05, 4.69) is 92.8 Å². The van der Waals surface area contributed by atoms with Gasteiger partial charge in [0.15, 0.2) is 0 Å². The summed E-state index contributed by atoms with van der Waals surface area (Å²) in [5, 5.41) is 3.94. The standard InChI is InChI=1S/C26H27N/c1-26(2,3)23-16-15-17-9-8-14-22(25(17)27-23)24-20-12-6-4-10-18(20)19-11-5-7-13-21(19)24/h4-14,23-24,27H,15-16H2,1-3H3. The second-order valence-corrected chi connectivity index (χ2v) is 9.09. The average molecular weight is 354 g/mol. The molecule has 3 aromatic carbocycles. The lowest BCUT2D eigenvalue weighted by Gasteiger charge is -2.38. The van der Waals surface area contributed by atoms with E-state index in [4.69, 9.17) is 0 Å². The quantitative estimate of drug-likeness (QED) is 0.405. The molecule has 0 saturated heterocycles. The van der Waals surface area contributed by atoms with Gasteiger partial charge in [-0.2, -0.15) is 0 Å². The van der Waals surface area contributed by atoms with Crippen LogP contribution < -0.4 is 5.32 Å². The highest BCUT2D eigenvalue weighted by Gasteiger charge is 2.34. The fraction of sp³-hybridized carbons (Fsp3) is 0.308. The Bertz CT molecular complexity index is 963. The van der Waals surface area contributed by atoms with Gasteiger partial charge in [-0.3, -0.25) is 0 Å². The van der Waals surface area contributed by atoms with Crippen LogP contribution in [0.2, 0.25) is 0 Å². The molecule has 1 heterocycles. The van der Waals surface area contributed by atoms with Crippen molar-refractivity contribution in [2.75, 3.05) is 5.32 Å². The van der Waals surface area contributed by atoms with Gasteiger partial charge in [-0.1, -0.05) is 87.5 Å². The molecule has 0 saturated carbocycles. The van der Waals surface area contributed by atoms with E-state index >= 15 is 0 Å². The van der Waals surface area contributed by atoms with Crippen LogP contribution in [0.25, 0.3) is 11.1 Å². The molecule has 1 nitrogen and oxygen atoms in total. The summed E-state index contributed by atoms with van der Waals surface area (Å²) in [5.74, 6) is 0.318. The van der Waals surface area contributed by atoms with Gasteiger partial charge in [-0.25, -0.2) is 0 Å². The zero-order chi connectivity index (χ0) is 18.6. The molecule has 0 bridgehead atoms. The van der Waals surface area contributed by atoms with E-state index < -0.39 is 0 Å². The molecule has 5 rings (SSSR count). The van der Waals surface area contributed by atoms with Crippen LogP contribution in [-0.4, -0.2) is 6.04 Å². The minimum absolute atomic E-state index is 0.260. The van der Waals surface area contributed by atoms with Gasteiger partial charge in [0.25, 0.3) is 0 Å². The normalized spacial score (nSPS) is 18.4. The predicted molar refractivity (Wildman–Crippen MR) is 114 cm³/mol. The molecule has 0 aromatic heterocycles. The summed E-state index contributed by atoms with van der Waals surface area (Å²) in [6, 6.07) is 25.2. The SMILES string of the molecule is CC(C)(C)C1CCc2cccc(C3c4ccccc4-c4ccccc43)c2N1. The van der Waals surface area contributed by atoms with Gasteiger partial charge in [-0.05, 0) is 51.6 Å². The highest BCUT2D eigenvalue weighted by Crippen LogP contribution is 2.50. The summed E-state index contributed by atoms with van der Waals surface area (Å²) < 4.78 is 0. The molecule has 0 amide bonds. The Morgan fingerprint density at radius 1 is 0.741 bits per heavy atom. The Kier molecular flexibility index (Phi) is 3.69. The number of aryl methyl sites for hydroxylation is 1. The van der Waals surface area contributed by atoms with E-state index in [1.807, 2.05) is 0 Å². The molecule has 0 spiro atoms. The second-order valence-electron chi connectivity index (χ2n) is 9.09. The van der Waals surface area contributed by atoms with Crippen molar-refractivity contribution in [3.63, 3.8) is 0 Å². The maximum Gasteiger partial charge on any atom is 0.0417 e. The second kappa shape index (κ2) is 5.99. The third kappa shape index (κ3) is 2.60. The Balaban J connectivity index is 1.69. The van der Waals surface area contributed by atoms with Crippen molar-refractivity contribution in [2.45, 2.75) is 45.6 Å². The third-order valence-corrected chi connectivity index (χ3v) is 6.39. The fourth-order valence-electron chi connectivity index (χ4n) is 4.93. The fourth-order valence-corrected chi connectivity index (χ4v) is 4.93. The van der Waals surface area contributed by atoms with Crippen molar-refractivity contribution in [2.24, 2.45) is 5.41 Å². The van der Waals surface area contributed by atoms with Gasteiger partial charge < -0.3 is 5.32 Å². The summed E-state index contributed by atoms with van der Waals surface area (Å²) >= 11 is 0. The molecule has 136 valence electrons. The Hall–Kier alpha value is -2.54. The summed E-state index contributed by atoms with van der Waals surface area (Å²) in [6.07, 6.45) is 2.37. The molecule has 1 aliphatic heterocycles. The molecule has 1 heteroatoms. The number of rotatable bonds is 1. The molecule has 27 heavy (non-hydrogen) atoms. The summed E-state index contributed by atoms with van der Waals surface area (Å²) in [5.41, 5.74) is 10.2. The van der Waals surface area contributed by atoms with Crippen LogP contribution >= 0.6 is 0 Å². The highest BCUT2D eigenvalue weighted by molar-refractivity contribution is 5.82. The van der Waals surface area contributed by atoms with Crippen molar-refractivity contribution in [3.05, 3.63) is 89.0 Å². The zero-order valence-corrected chi connectivity index (χ0v) is 16.4. The van der Waals surface area contributed by atoms with Crippen LogP contribution in [0.4, 0.5) is 5.69 Å². The molecular weight excluding hydrogens is 326 g/mol. The summed E-state index contributed by atoms with van der Waals surface area (Å²) in [4.78, 5) is 0. The Labute approximate surface area is 162 Å². The number of hydrogen-bond acceptors (Lipinski definition) is 1. The van der Waals surface area contributed by atoms with Gasteiger partial charge in [0.2, 0.25) is 0 Å². The van der Waals surface area contributed by atoms with Crippen LogP contribution in [-0.2, 0) is 6.42 Å². The van der Waals surface area contributed by atoms with Crippen molar-refractivity contribution in [3.8, 4) is 11.1 Å². The van der Waals surface area contributed by atoms with Gasteiger partial charge in [0, 0.05) is 17.6 Å². The van der Waals surface area contributed by atoms with Gasteiger partial charge in [0.05, 0.1) is 0 Å². The van der Waals surface area contributed by atoms with Crippen molar-refractivity contribution in [1.29, 1.82) is 0 Å².